The van der Waals surface area contributed by atoms with E-state index in [1.165, 1.54) is 33.5 Å². The molecule has 0 fully saturated rings. The number of nitrogens with zero attached hydrogens (tertiary/aromatic N) is 2. The maximum absolute atomic E-state index is 13.2. The molecule has 0 aliphatic heterocycles. The van der Waals surface area contributed by atoms with Gasteiger partial charge in [-0.3, -0.25) is 9.10 Å². The van der Waals surface area contributed by atoms with Crippen LogP contribution in [0.4, 0.5) is 5.69 Å². The summed E-state index contributed by atoms with van der Waals surface area (Å²) in [5.74, 6) is -0.303. The largest absolute Gasteiger partial charge is 0.345 e. The molecule has 7 heteroatoms. The van der Waals surface area contributed by atoms with E-state index in [4.69, 9.17) is 11.6 Å². The third kappa shape index (κ3) is 4.03. The van der Waals surface area contributed by atoms with Gasteiger partial charge in [-0.2, -0.15) is 0 Å². The highest BCUT2D eigenvalue weighted by molar-refractivity contribution is 7.93. The van der Waals surface area contributed by atoms with E-state index in [2.05, 4.69) is 6.58 Å². The molecule has 0 aliphatic carbocycles. The Morgan fingerprint density at radius 2 is 1.80 bits per heavy atom. The van der Waals surface area contributed by atoms with Gasteiger partial charge >= 0.3 is 0 Å². The van der Waals surface area contributed by atoms with Crippen LogP contribution in [0, 0.1) is 0 Å². The van der Waals surface area contributed by atoms with Crippen LogP contribution in [-0.2, 0) is 10.0 Å². The Bertz CT molecular complexity index is 880. The molecule has 2 aromatic rings. The van der Waals surface area contributed by atoms with Crippen molar-refractivity contribution >= 4 is 33.2 Å². The topological polar surface area (TPSA) is 57.7 Å². The second kappa shape index (κ2) is 7.72. The second-order valence-corrected chi connectivity index (χ2v) is 7.74. The first-order chi connectivity index (χ1) is 11.8. The predicted octanol–water partition coefficient (Wildman–Crippen LogP) is 3.42. The van der Waals surface area contributed by atoms with E-state index in [1.807, 2.05) is 0 Å². The molecule has 0 radical (unpaired) electrons. The Hall–Kier alpha value is -2.31. The van der Waals surface area contributed by atoms with Gasteiger partial charge in [-0.1, -0.05) is 35.9 Å². The highest BCUT2D eigenvalue weighted by Gasteiger charge is 2.27. The van der Waals surface area contributed by atoms with Crippen molar-refractivity contribution in [1.29, 1.82) is 0 Å². The zero-order chi connectivity index (χ0) is 18.6. The number of rotatable bonds is 6. The molecule has 1 amide bonds. The number of hydrogen-bond donors (Lipinski definition) is 0. The molecule has 0 bridgehead atoms. The Morgan fingerprint density at radius 3 is 2.36 bits per heavy atom. The van der Waals surface area contributed by atoms with E-state index < -0.39 is 10.0 Å². The van der Waals surface area contributed by atoms with E-state index in [0.717, 1.165) is 0 Å². The van der Waals surface area contributed by atoms with Gasteiger partial charge in [0.05, 0.1) is 17.3 Å². The summed E-state index contributed by atoms with van der Waals surface area (Å²) in [6, 6.07) is 12.9. The molecule has 0 unspecified atom stereocenters. The number of benzene rings is 2. The van der Waals surface area contributed by atoms with E-state index in [0.29, 0.717) is 5.69 Å². The Morgan fingerprint density at radius 1 is 1.16 bits per heavy atom. The second-order valence-electron chi connectivity index (χ2n) is 5.51. The molecule has 0 aliphatic rings. The first kappa shape index (κ1) is 19.0. The van der Waals surface area contributed by atoms with Crippen LogP contribution >= 0.6 is 11.6 Å². The molecule has 0 saturated heterocycles. The van der Waals surface area contributed by atoms with Gasteiger partial charge in [0.15, 0.2) is 0 Å². The summed E-state index contributed by atoms with van der Waals surface area (Å²) < 4.78 is 27.5. The molecule has 2 aromatic carbocycles. The van der Waals surface area contributed by atoms with Crippen molar-refractivity contribution in [3.63, 3.8) is 0 Å². The van der Waals surface area contributed by atoms with Gasteiger partial charge in [0, 0.05) is 19.7 Å². The van der Waals surface area contributed by atoms with Crippen molar-refractivity contribution in [3.8, 4) is 0 Å². The molecule has 132 valence electrons. The monoisotopic (exact) mass is 378 g/mol. The van der Waals surface area contributed by atoms with Gasteiger partial charge in [0.1, 0.15) is 4.90 Å². The average Bonchev–Trinajstić information content (AvgIpc) is 2.59. The molecule has 0 atom stereocenters. The minimum absolute atomic E-state index is 0.0558. The van der Waals surface area contributed by atoms with Crippen molar-refractivity contribution in [1.82, 2.24) is 4.90 Å². The maximum atomic E-state index is 13.2. The quantitative estimate of drug-likeness (QED) is 0.723. The van der Waals surface area contributed by atoms with Crippen LogP contribution in [0.5, 0.6) is 0 Å². The summed E-state index contributed by atoms with van der Waals surface area (Å²) in [4.78, 5) is 13.4. The van der Waals surface area contributed by atoms with Gasteiger partial charge < -0.3 is 4.90 Å². The maximum Gasteiger partial charge on any atom is 0.266 e. The molecule has 0 saturated carbocycles. The molecule has 25 heavy (non-hydrogen) atoms. The fraction of sp³-hybridized carbons (Fsp3) is 0.167. The molecular weight excluding hydrogens is 360 g/mol. The zero-order valence-electron chi connectivity index (χ0n) is 14.0. The fourth-order valence-electron chi connectivity index (χ4n) is 2.26. The number of anilines is 1. The lowest BCUT2D eigenvalue weighted by atomic mass is 10.2. The lowest BCUT2D eigenvalue weighted by molar-refractivity contribution is 0.0827. The number of hydrogen-bond acceptors (Lipinski definition) is 3. The first-order valence-corrected chi connectivity index (χ1v) is 9.30. The number of carbonyl (C=O) groups excluding carboxylic acids is 1. The van der Waals surface area contributed by atoms with Gasteiger partial charge in [-0.15, -0.1) is 6.58 Å². The molecular formula is C18H19ClN2O3S. The number of amides is 1. The summed E-state index contributed by atoms with van der Waals surface area (Å²) >= 11 is 6.14. The zero-order valence-corrected chi connectivity index (χ0v) is 15.6. The minimum Gasteiger partial charge on any atom is -0.345 e. The summed E-state index contributed by atoms with van der Waals surface area (Å²) in [7, 11) is -0.777. The van der Waals surface area contributed by atoms with Crippen LogP contribution in [0.1, 0.15) is 10.4 Å². The number of para-hydroxylation sites is 1. The summed E-state index contributed by atoms with van der Waals surface area (Å²) in [5, 5.41) is 0.0558. The molecule has 5 nitrogen and oxygen atoms in total. The van der Waals surface area contributed by atoms with Crippen LogP contribution in [0.3, 0.4) is 0 Å². The van der Waals surface area contributed by atoms with Crippen molar-refractivity contribution < 1.29 is 13.2 Å². The summed E-state index contributed by atoms with van der Waals surface area (Å²) in [6.45, 7) is 3.70. The highest BCUT2D eigenvalue weighted by Crippen LogP contribution is 2.29. The molecule has 0 heterocycles. The fourth-order valence-corrected chi connectivity index (χ4v) is 4.20. The first-order valence-electron chi connectivity index (χ1n) is 7.49. The minimum atomic E-state index is -3.97. The number of halogens is 1. The van der Waals surface area contributed by atoms with E-state index in [1.54, 1.807) is 44.4 Å². The lowest BCUT2D eigenvalue weighted by Crippen LogP contribution is -2.31. The van der Waals surface area contributed by atoms with Crippen LogP contribution in [-0.4, -0.2) is 39.9 Å². The lowest BCUT2D eigenvalue weighted by Gasteiger charge is -2.24. The highest BCUT2D eigenvalue weighted by atomic mass is 35.5. The summed E-state index contributed by atoms with van der Waals surface area (Å²) in [5.41, 5.74) is 0.738. The number of sulfonamides is 1. The molecule has 2 rings (SSSR count). The van der Waals surface area contributed by atoms with Gasteiger partial charge in [-0.25, -0.2) is 8.42 Å². The van der Waals surface area contributed by atoms with E-state index >= 15 is 0 Å². The predicted molar refractivity (Wildman–Crippen MR) is 101 cm³/mol. The van der Waals surface area contributed by atoms with Crippen molar-refractivity contribution in [2.24, 2.45) is 0 Å². The van der Waals surface area contributed by atoms with Crippen molar-refractivity contribution in [2.45, 2.75) is 4.90 Å². The Balaban J connectivity index is 2.59. The molecule has 0 aromatic heterocycles. The van der Waals surface area contributed by atoms with Crippen LogP contribution in [0.15, 0.2) is 66.1 Å². The van der Waals surface area contributed by atoms with Gasteiger partial charge in [0.25, 0.3) is 15.9 Å². The normalized spacial score (nSPS) is 11.0. The Kier molecular flexibility index (Phi) is 5.87. The van der Waals surface area contributed by atoms with Crippen molar-refractivity contribution in [3.05, 3.63) is 71.8 Å². The van der Waals surface area contributed by atoms with Crippen LogP contribution in [0.25, 0.3) is 0 Å². The SMILES string of the molecule is C=CCN(c1ccccc1)S(=O)(=O)c1cc(C(=O)N(C)C)ccc1Cl. The Labute approximate surface area is 153 Å². The molecule has 0 N–H and O–H groups in total. The van der Waals surface area contributed by atoms with Crippen LogP contribution < -0.4 is 4.31 Å². The van der Waals surface area contributed by atoms with Gasteiger partial charge in [0.2, 0.25) is 0 Å². The standard InChI is InChI=1S/C18H19ClN2O3S/c1-4-12-21(15-8-6-5-7-9-15)25(23,24)17-13-14(10-11-16(17)19)18(22)20(2)3/h4-11,13H,1,12H2,2-3H3. The average molecular weight is 379 g/mol. The smallest absolute Gasteiger partial charge is 0.266 e. The van der Waals surface area contributed by atoms with E-state index in [-0.39, 0.29) is 27.9 Å². The van der Waals surface area contributed by atoms with E-state index in [9.17, 15) is 13.2 Å². The third-order valence-corrected chi connectivity index (χ3v) is 5.77. The van der Waals surface area contributed by atoms with Gasteiger partial charge in [-0.05, 0) is 30.3 Å². The van der Waals surface area contributed by atoms with Crippen molar-refractivity contribution in [2.75, 3.05) is 24.9 Å². The molecule has 0 spiro atoms. The summed E-state index contributed by atoms with van der Waals surface area (Å²) in [6.07, 6.45) is 1.49. The van der Waals surface area contributed by atoms with Crippen LogP contribution in [0.2, 0.25) is 5.02 Å². The third-order valence-electron chi connectivity index (χ3n) is 3.49. The number of carbonyl (C=O) groups is 1.